The second-order valence-corrected chi connectivity index (χ2v) is 5.26. The van der Waals surface area contributed by atoms with E-state index >= 15 is 0 Å². The van der Waals surface area contributed by atoms with Crippen LogP contribution in [0.3, 0.4) is 0 Å². The van der Waals surface area contributed by atoms with Crippen molar-refractivity contribution in [3.63, 3.8) is 0 Å². The molecule has 0 amide bonds. The summed E-state index contributed by atoms with van der Waals surface area (Å²) < 4.78 is 11.3. The Balaban J connectivity index is 1.78. The first-order chi connectivity index (χ1) is 9.60. The zero-order valence-electron chi connectivity index (χ0n) is 11.3. The van der Waals surface area contributed by atoms with Gasteiger partial charge in [0.05, 0.1) is 13.7 Å². The molecule has 106 valence electrons. The van der Waals surface area contributed by atoms with E-state index in [2.05, 4.69) is 0 Å². The zero-order chi connectivity index (χ0) is 14.2. The SMILES string of the molecule is COc1ccc2c(c1)C=CC1(CCN(CC(=O)O)C1)O2. The van der Waals surface area contributed by atoms with Crippen LogP contribution in [0.4, 0.5) is 0 Å². The average Bonchev–Trinajstić information content (AvgIpc) is 2.80. The number of likely N-dealkylation sites (tertiary alicyclic amines) is 1. The predicted molar refractivity (Wildman–Crippen MR) is 74.1 cm³/mol. The molecule has 1 aromatic carbocycles. The second kappa shape index (κ2) is 4.83. The van der Waals surface area contributed by atoms with Crippen molar-refractivity contribution in [2.24, 2.45) is 0 Å². The monoisotopic (exact) mass is 275 g/mol. The van der Waals surface area contributed by atoms with Crippen LogP contribution < -0.4 is 9.47 Å². The lowest BCUT2D eigenvalue weighted by atomic mass is 9.97. The van der Waals surface area contributed by atoms with E-state index in [1.165, 1.54) is 0 Å². The molecule has 5 nitrogen and oxygen atoms in total. The Morgan fingerprint density at radius 1 is 1.55 bits per heavy atom. The van der Waals surface area contributed by atoms with Crippen molar-refractivity contribution in [1.82, 2.24) is 4.90 Å². The minimum absolute atomic E-state index is 0.0639. The van der Waals surface area contributed by atoms with E-state index in [0.717, 1.165) is 30.0 Å². The first-order valence-electron chi connectivity index (χ1n) is 6.61. The number of methoxy groups -OCH3 is 1. The van der Waals surface area contributed by atoms with Gasteiger partial charge in [0.1, 0.15) is 17.1 Å². The molecule has 3 rings (SSSR count). The van der Waals surface area contributed by atoms with Crippen molar-refractivity contribution in [1.29, 1.82) is 0 Å². The third-order valence-corrected chi connectivity index (χ3v) is 3.80. The molecule has 1 aromatic rings. The molecule has 1 spiro atoms. The van der Waals surface area contributed by atoms with Gasteiger partial charge in [0, 0.05) is 25.1 Å². The molecule has 1 atom stereocenters. The highest BCUT2D eigenvalue weighted by atomic mass is 16.5. The number of hydrogen-bond donors (Lipinski definition) is 1. The fourth-order valence-electron chi connectivity index (χ4n) is 2.80. The van der Waals surface area contributed by atoms with Crippen LogP contribution in [-0.4, -0.2) is 48.3 Å². The van der Waals surface area contributed by atoms with Gasteiger partial charge in [-0.2, -0.15) is 0 Å². The van der Waals surface area contributed by atoms with Crippen molar-refractivity contribution in [2.75, 3.05) is 26.7 Å². The highest BCUT2D eigenvalue weighted by Gasteiger charge is 2.40. The van der Waals surface area contributed by atoms with E-state index < -0.39 is 11.6 Å². The quantitative estimate of drug-likeness (QED) is 0.908. The van der Waals surface area contributed by atoms with Gasteiger partial charge in [-0.05, 0) is 24.3 Å². The summed E-state index contributed by atoms with van der Waals surface area (Å²) in [6.07, 6.45) is 4.88. The van der Waals surface area contributed by atoms with Gasteiger partial charge in [-0.25, -0.2) is 0 Å². The minimum atomic E-state index is -0.799. The van der Waals surface area contributed by atoms with Gasteiger partial charge in [0.25, 0.3) is 0 Å². The van der Waals surface area contributed by atoms with Gasteiger partial charge in [-0.1, -0.05) is 6.08 Å². The number of fused-ring (bicyclic) bond motifs is 1. The average molecular weight is 275 g/mol. The fraction of sp³-hybridized carbons (Fsp3) is 0.400. The van der Waals surface area contributed by atoms with Crippen LogP contribution >= 0.6 is 0 Å². The molecule has 0 radical (unpaired) electrons. The Labute approximate surface area is 117 Å². The molecular formula is C15H17NO4. The summed E-state index contributed by atoms with van der Waals surface area (Å²) in [6, 6.07) is 5.71. The molecule has 0 aromatic heterocycles. The molecule has 2 aliphatic rings. The Hall–Kier alpha value is -2.01. The summed E-state index contributed by atoms with van der Waals surface area (Å²) in [6.45, 7) is 1.41. The highest BCUT2D eigenvalue weighted by Crippen LogP contribution is 2.37. The Kier molecular flexibility index (Phi) is 3.14. The van der Waals surface area contributed by atoms with Crippen molar-refractivity contribution >= 4 is 12.0 Å². The topological polar surface area (TPSA) is 59.0 Å². The van der Waals surface area contributed by atoms with Gasteiger partial charge in [-0.3, -0.25) is 9.69 Å². The molecule has 2 heterocycles. The van der Waals surface area contributed by atoms with Crippen molar-refractivity contribution in [3.05, 3.63) is 29.8 Å². The smallest absolute Gasteiger partial charge is 0.317 e. The summed E-state index contributed by atoms with van der Waals surface area (Å²) in [5, 5.41) is 8.86. The largest absolute Gasteiger partial charge is 0.497 e. The van der Waals surface area contributed by atoms with Gasteiger partial charge < -0.3 is 14.6 Å². The summed E-state index contributed by atoms with van der Waals surface area (Å²) in [7, 11) is 1.64. The molecule has 0 saturated carbocycles. The molecule has 1 fully saturated rings. The molecule has 1 N–H and O–H groups in total. The first kappa shape index (κ1) is 13.0. The molecule has 20 heavy (non-hydrogen) atoms. The summed E-state index contributed by atoms with van der Waals surface area (Å²) in [5.41, 5.74) is 0.600. The third kappa shape index (κ3) is 2.36. The number of carboxylic acids is 1. The normalized spacial score (nSPS) is 24.4. The Bertz CT molecular complexity index is 569. The maximum atomic E-state index is 10.8. The van der Waals surface area contributed by atoms with Gasteiger partial charge in [-0.15, -0.1) is 0 Å². The van der Waals surface area contributed by atoms with E-state index in [9.17, 15) is 4.79 Å². The van der Waals surface area contributed by atoms with Crippen LogP contribution in [0.1, 0.15) is 12.0 Å². The molecule has 1 saturated heterocycles. The second-order valence-electron chi connectivity index (χ2n) is 5.26. The molecular weight excluding hydrogens is 258 g/mol. The number of benzene rings is 1. The lowest BCUT2D eigenvalue weighted by Gasteiger charge is -2.31. The zero-order valence-corrected chi connectivity index (χ0v) is 11.3. The number of hydrogen-bond acceptors (Lipinski definition) is 4. The Morgan fingerprint density at radius 3 is 3.15 bits per heavy atom. The van der Waals surface area contributed by atoms with Crippen LogP contribution in [-0.2, 0) is 4.79 Å². The van der Waals surface area contributed by atoms with Gasteiger partial charge in [0.2, 0.25) is 0 Å². The van der Waals surface area contributed by atoms with Crippen LogP contribution in [0.2, 0.25) is 0 Å². The molecule has 0 bridgehead atoms. The van der Waals surface area contributed by atoms with Gasteiger partial charge in [0.15, 0.2) is 0 Å². The van der Waals surface area contributed by atoms with Crippen molar-refractivity contribution in [2.45, 2.75) is 12.0 Å². The third-order valence-electron chi connectivity index (χ3n) is 3.80. The first-order valence-corrected chi connectivity index (χ1v) is 6.61. The Morgan fingerprint density at radius 2 is 2.40 bits per heavy atom. The van der Waals surface area contributed by atoms with Crippen LogP contribution in [0.5, 0.6) is 11.5 Å². The lowest BCUT2D eigenvalue weighted by molar-refractivity contribution is -0.138. The van der Waals surface area contributed by atoms with E-state index in [-0.39, 0.29) is 6.54 Å². The molecule has 5 heteroatoms. The van der Waals surface area contributed by atoms with Crippen LogP contribution in [0, 0.1) is 0 Å². The van der Waals surface area contributed by atoms with E-state index in [1.807, 2.05) is 35.3 Å². The number of nitrogens with zero attached hydrogens (tertiary/aromatic N) is 1. The maximum absolute atomic E-state index is 10.8. The van der Waals surface area contributed by atoms with Crippen molar-refractivity contribution < 1.29 is 19.4 Å². The molecule has 1 unspecified atom stereocenters. The number of ether oxygens (including phenoxy) is 2. The lowest BCUT2D eigenvalue weighted by Crippen LogP contribution is -2.39. The summed E-state index contributed by atoms with van der Waals surface area (Å²) in [5.74, 6) is 0.823. The number of carbonyl (C=O) groups is 1. The number of rotatable bonds is 3. The molecule has 2 aliphatic heterocycles. The van der Waals surface area contributed by atoms with E-state index in [0.29, 0.717) is 6.54 Å². The minimum Gasteiger partial charge on any atom is -0.497 e. The molecule has 0 aliphatic carbocycles. The fourth-order valence-corrected chi connectivity index (χ4v) is 2.80. The van der Waals surface area contributed by atoms with E-state index in [1.54, 1.807) is 7.11 Å². The highest BCUT2D eigenvalue weighted by molar-refractivity contribution is 5.69. The van der Waals surface area contributed by atoms with Crippen molar-refractivity contribution in [3.8, 4) is 11.5 Å². The number of carboxylic acid groups (broad SMARTS) is 1. The number of aliphatic carboxylic acids is 1. The standard InChI is InChI=1S/C15H17NO4/c1-19-12-2-3-13-11(8-12)4-5-15(20-13)6-7-16(10-15)9-14(17)18/h2-5,8H,6-7,9-10H2,1H3,(H,17,18). The predicted octanol–water partition coefficient (Wildman–Crippen LogP) is 1.63. The maximum Gasteiger partial charge on any atom is 0.317 e. The summed E-state index contributed by atoms with van der Waals surface area (Å²) >= 11 is 0. The van der Waals surface area contributed by atoms with E-state index in [4.69, 9.17) is 14.6 Å². The van der Waals surface area contributed by atoms with Crippen LogP contribution in [0.15, 0.2) is 24.3 Å². The van der Waals surface area contributed by atoms with Crippen LogP contribution in [0.25, 0.3) is 6.08 Å². The van der Waals surface area contributed by atoms with Gasteiger partial charge >= 0.3 is 5.97 Å². The summed E-state index contributed by atoms with van der Waals surface area (Å²) in [4.78, 5) is 12.7.